The summed E-state index contributed by atoms with van der Waals surface area (Å²) >= 11 is 0. The Kier molecular flexibility index (Phi) is 13.1. The predicted molar refractivity (Wildman–Crippen MR) is 84.7 cm³/mol. The Balaban J connectivity index is 3.28. The van der Waals surface area contributed by atoms with Gasteiger partial charge in [0.15, 0.2) is 0 Å². The molecule has 4 N–H and O–H groups in total. The number of rotatable bonds is 14. The highest BCUT2D eigenvalue weighted by Gasteiger charge is 2.16. The van der Waals surface area contributed by atoms with Crippen molar-refractivity contribution in [2.45, 2.75) is 83.7 Å². The Morgan fingerprint density at radius 3 is 1.90 bits per heavy atom. The first-order valence-corrected chi connectivity index (χ1v) is 8.32. The van der Waals surface area contributed by atoms with Crippen LogP contribution in [0.5, 0.6) is 0 Å². The second kappa shape index (κ2) is 13.9. The molecule has 1 unspecified atom stereocenters. The Hall–Kier alpha value is -1.10. The third-order valence-electron chi connectivity index (χ3n) is 3.53. The van der Waals surface area contributed by atoms with Crippen molar-refractivity contribution in [3.8, 4) is 0 Å². The summed E-state index contributed by atoms with van der Waals surface area (Å²) in [4.78, 5) is 21.9. The summed E-state index contributed by atoms with van der Waals surface area (Å²) in [7, 11) is 0. The van der Waals surface area contributed by atoms with Gasteiger partial charge in [-0.1, -0.05) is 64.7 Å². The second-order valence-corrected chi connectivity index (χ2v) is 5.66. The third-order valence-corrected chi connectivity index (χ3v) is 3.53. The number of unbranched alkanes of at least 4 members (excludes halogenated alkanes) is 9. The van der Waals surface area contributed by atoms with Crippen LogP contribution < -0.4 is 11.1 Å². The summed E-state index contributed by atoms with van der Waals surface area (Å²) in [6.07, 6.45) is 10.8. The maximum atomic E-state index is 11.4. The summed E-state index contributed by atoms with van der Waals surface area (Å²) in [6, 6.07) is 0. The van der Waals surface area contributed by atoms with Crippen molar-refractivity contribution in [2.75, 3.05) is 6.54 Å². The Labute approximate surface area is 128 Å². The topological polar surface area (TPSA) is 92.4 Å². The fraction of sp³-hybridized carbons (Fsp3) is 0.875. The van der Waals surface area contributed by atoms with Crippen LogP contribution in [0, 0.1) is 0 Å². The molecule has 0 radical (unpaired) electrons. The molecule has 21 heavy (non-hydrogen) atoms. The zero-order valence-corrected chi connectivity index (χ0v) is 13.4. The van der Waals surface area contributed by atoms with Crippen LogP contribution in [0.4, 0.5) is 0 Å². The van der Waals surface area contributed by atoms with Gasteiger partial charge < -0.3 is 16.2 Å². The van der Waals surface area contributed by atoms with E-state index in [4.69, 9.17) is 5.73 Å². The van der Waals surface area contributed by atoms with Crippen molar-refractivity contribution in [2.24, 2.45) is 5.73 Å². The molecular weight excluding hydrogens is 268 g/mol. The first-order chi connectivity index (χ1) is 10.1. The lowest BCUT2D eigenvalue weighted by atomic mass is 10.1. The van der Waals surface area contributed by atoms with Crippen LogP contribution in [0.15, 0.2) is 0 Å². The summed E-state index contributed by atoms with van der Waals surface area (Å²) in [5.74, 6) is -1.18. The van der Waals surface area contributed by atoms with Gasteiger partial charge in [0.2, 0.25) is 11.8 Å². The van der Waals surface area contributed by atoms with Crippen molar-refractivity contribution in [1.29, 1.82) is 0 Å². The molecule has 0 aliphatic carbocycles. The van der Waals surface area contributed by atoms with Crippen molar-refractivity contribution < 1.29 is 14.7 Å². The first-order valence-electron chi connectivity index (χ1n) is 8.32. The van der Waals surface area contributed by atoms with E-state index >= 15 is 0 Å². The molecule has 0 aliphatic heterocycles. The number of nitrogens with two attached hydrogens (primary N) is 1. The molecule has 2 amide bonds. The SMILES string of the molecule is CCCCCCCCCCCCNC(=O)C(O)CC(N)=O. The van der Waals surface area contributed by atoms with Gasteiger partial charge in [-0.2, -0.15) is 0 Å². The Morgan fingerprint density at radius 1 is 0.952 bits per heavy atom. The highest BCUT2D eigenvalue weighted by Crippen LogP contribution is 2.10. The molecule has 5 nitrogen and oxygen atoms in total. The van der Waals surface area contributed by atoms with Crippen molar-refractivity contribution in [3.63, 3.8) is 0 Å². The lowest BCUT2D eigenvalue weighted by molar-refractivity contribution is -0.133. The average Bonchev–Trinajstić information content (AvgIpc) is 2.43. The van der Waals surface area contributed by atoms with Crippen LogP contribution in [0.3, 0.4) is 0 Å². The summed E-state index contributed by atoms with van der Waals surface area (Å²) in [5.41, 5.74) is 4.91. The highest BCUT2D eigenvalue weighted by atomic mass is 16.3. The minimum atomic E-state index is -1.31. The molecule has 5 heteroatoms. The lowest BCUT2D eigenvalue weighted by Crippen LogP contribution is -2.37. The van der Waals surface area contributed by atoms with Crippen LogP contribution in [-0.2, 0) is 9.59 Å². The Morgan fingerprint density at radius 2 is 1.43 bits per heavy atom. The zero-order chi connectivity index (χ0) is 15.9. The molecule has 0 spiro atoms. The quantitative estimate of drug-likeness (QED) is 0.430. The van der Waals surface area contributed by atoms with Crippen LogP contribution >= 0.6 is 0 Å². The standard InChI is InChI=1S/C16H32N2O3/c1-2-3-4-5-6-7-8-9-10-11-12-18-16(21)14(19)13-15(17)20/h14,19H,2-13H2,1H3,(H2,17,20)(H,18,21). The van der Waals surface area contributed by atoms with Gasteiger partial charge >= 0.3 is 0 Å². The van der Waals surface area contributed by atoms with E-state index < -0.39 is 17.9 Å². The summed E-state index contributed by atoms with van der Waals surface area (Å²) in [6.45, 7) is 2.77. The van der Waals surface area contributed by atoms with Crippen molar-refractivity contribution >= 4 is 11.8 Å². The highest BCUT2D eigenvalue weighted by molar-refractivity contribution is 5.86. The van der Waals surface area contributed by atoms with Gasteiger partial charge in [-0.15, -0.1) is 0 Å². The lowest BCUT2D eigenvalue weighted by Gasteiger charge is -2.09. The van der Waals surface area contributed by atoms with Crippen LogP contribution in [0.25, 0.3) is 0 Å². The van der Waals surface area contributed by atoms with E-state index in [1.54, 1.807) is 0 Å². The van der Waals surface area contributed by atoms with E-state index in [1.807, 2.05) is 0 Å². The van der Waals surface area contributed by atoms with Crippen LogP contribution in [-0.4, -0.2) is 29.6 Å². The van der Waals surface area contributed by atoms with Crippen LogP contribution in [0.2, 0.25) is 0 Å². The van der Waals surface area contributed by atoms with Gasteiger partial charge in [0, 0.05) is 6.54 Å². The number of carbonyl (C=O) groups excluding carboxylic acids is 2. The molecule has 1 atom stereocenters. The minimum Gasteiger partial charge on any atom is -0.383 e. The van der Waals surface area contributed by atoms with Gasteiger partial charge in [-0.05, 0) is 6.42 Å². The second-order valence-electron chi connectivity index (χ2n) is 5.66. The fourth-order valence-electron chi connectivity index (χ4n) is 2.23. The third kappa shape index (κ3) is 13.6. The molecule has 0 aromatic carbocycles. The van der Waals surface area contributed by atoms with E-state index in [9.17, 15) is 14.7 Å². The number of hydrogen-bond donors (Lipinski definition) is 3. The zero-order valence-electron chi connectivity index (χ0n) is 13.4. The molecule has 0 aliphatic rings. The molecule has 0 aromatic heterocycles. The maximum Gasteiger partial charge on any atom is 0.249 e. The monoisotopic (exact) mass is 300 g/mol. The molecule has 0 heterocycles. The molecule has 124 valence electrons. The van der Waals surface area contributed by atoms with E-state index in [-0.39, 0.29) is 6.42 Å². The van der Waals surface area contributed by atoms with E-state index in [1.165, 1.54) is 51.4 Å². The normalized spacial score (nSPS) is 12.1. The van der Waals surface area contributed by atoms with Gasteiger partial charge in [0.1, 0.15) is 6.10 Å². The van der Waals surface area contributed by atoms with Gasteiger partial charge in [-0.25, -0.2) is 0 Å². The predicted octanol–water partition coefficient (Wildman–Crippen LogP) is 2.26. The first kappa shape index (κ1) is 19.9. The van der Waals surface area contributed by atoms with Crippen LogP contribution in [0.1, 0.15) is 77.6 Å². The maximum absolute atomic E-state index is 11.4. The molecule has 0 aromatic rings. The molecular formula is C16H32N2O3. The molecule has 0 saturated carbocycles. The van der Waals surface area contributed by atoms with E-state index in [0.29, 0.717) is 6.54 Å². The molecule has 0 saturated heterocycles. The van der Waals surface area contributed by atoms with Crippen molar-refractivity contribution in [1.82, 2.24) is 5.32 Å². The molecule has 0 fully saturated rings. The minimum absolute atomic E-state index is 0.316. The number of hydrogen-bond acceptors (Lipinski definition) is 3. The Bertz CT molecular complexity index is 283. The molecule has 0 rings (SSSR count). The summed E-state index contributed by atoms with van der Waals surface area (Å²) in [5, 5.41) is 12.0. The largest absolute Gasteiger partial charge is 0.383 e. The van der Waals surface area contributed by atoms with Gasteiger partial charge in [0.25, 0.3) is 0 Å². The summed E-state index contributed by atoms with van der Waals surface area (Å²) < 4.78 is 0. The van der Waals surface area contributed by atoms with Gasteiger partial charge in [-0.3, -0.25) is 9.59 Å². The van der Waals surface area contributed by atoms with Crippen molar-refractivity contribution in [3.05, 3.63) is 0 Å². The number of carbonyl (C=O) groups is 2. The number of primary amides is 1. The number of aliphatic hydroxyl groups excluding tert-OH is 1. The van der Waals surface area contributed by atoms with E-state index in [2.05, 4.69) is 12.2 Å². The average molecular weight is 300 g/mol. The van der Waals surface area contributed by atoms with Gasteiger partial charge in [0.05, 0.1) is 6.42 Å². The van der Waals surface area contributed by atoms with E-state index in [0.717, 1.165) is 12.8 Å². The number of amides is 2. The number of nitrogens with one attached hydrogen (secondary N) is 1. The number of aliphatic hydroxyl groups is 1. The fourth-order valence-corrected chi connectivity index (χ4v) is 2.23. The molecule has 0 bridgehead atoms. The smallest absolute Gasteiger partial charge is 0.249 e.